The van der Waals surface area contributed by atoms with Crippen molar-refractivity contribution in [1.29, 1.82) is 0 Å². The first kappa shape index (κ1) is 27.6. The van der Waals surface area contributed by atoms with Crippen LogP contribution in [0, 0.1) is 0 Å². The van der Waals surface area contributed by atoms with Gasteiger partial charge < -0.3 is 28.4 Å². The van der Waals surface area contributed by atoms with Crippen molar-refractivity contribution in [2.75, 3.05) is 34.4 Å². The van der Waals surface area contributed by atoms with Crippen LogP contribution in [0.3, 0.4) is 0 Å². The van der Waals surface area contributed by atoms with Gasteiger partial charge in [-0.3, -0.25) is 9.59 Å². The Hall–Kier alpha value is -3.94. The van der Waals surface area contributed by atoms with Crippen LogP contribution in [0.5, 0.6) is 17.2 Å². The van der Waals surface area contributed by atoms with Crippen LogP contribution in [0.25, 0.3) is 0 Å². The Kier molecular flexibility index (Phi) is 9.22. The van der Waals surface area contributed by atoms with Crippen LogP contribution in [-0.4, -0.2) is 61.6 Å². The smallest absolute Gasteiger partial charge is 0.254 e. The average Bonchev–Trinajstić information content (AvgIpc) is 3.41. The van der Waals surface area contributed by atoms with Crippen molar-refractivity contribution in [3.8, 4) is 17.2 Å². The van der Waals surface area contributed by atoms with Gasteiger partial charge in [-0.2, -0.15) is 0 Å². The maximum Gasteiger partial charge on any atom is 0.254 e. The molecular weight excluding hydrogens is 472 g/mol. The highest BCUT2D eigenvalue weighted by atomic mass is 16.5. The number of amides is 2. The minimum Gasteiger partial charge on any atom is -0.497 e. The lowest BCUT2D eigenvalue weighted by molar-refractivity contribution is -0.133. The van der Waals surface area contributed by atoms with Gasteiger partial charge in [0.15, 0.2) is 11.5 Å². The predicted molar refractivity (Wildman–Crippen MR) is 141 cm³/mol. The molecule has 37 heavy (non-hydrogen) atoms. The lowest BCUT2D eigenvalue weighted by Gasteiger charge is -2.37. The molecule has 2 amide bonds. The third kappa shape index (κ3) is 7.29. The number of benzene rings is 2. The first-order valence-electron chi connectivity index (χ1n) is 12.1. The third-order valence-corrected chi connectivity index (χ3v) is 6.08. The van der Waals surface area contributed by atoms with E-state index in [0.29, 0.717) is 48.1 Å². The van der Waals surface area contributed by atoms with Gasteiger partial charge in [-0.25, -0.2) is 0 Å². The quantitative estimate of drug-likeness (QED) is 0.370. The summed E-state index contributed by atoms with van der Waals surface area (Å²) < 4.78 is 21.5. The Labute approximate surface area is 218 Å². The van der Waals surface area contributed by atoms with Crippen molar-refractivity contribution in [1.82, 2.24) is 9.80 Å². The summed E-state index contributed by atoms with van der Waals surface area (Å²) in [6.45, 7) is 6.42. The number of ether oxygens (including phenoxy) is 3. The van der Waals surface area contributed by atoms with Crippen molar-refractivity contribution in [3.63, 3.8) is 0 Å². The van der Waals surface area contributed by atoms with Gasteiger partial charge in [0.05, 0.1) is 34.1 Å². The number of carbonyl (C=O) groups excluding carboxylic acids is 2. The van der Waals surface area contributed by atoms with Crippen LogP contribution in [0.2, 0.25) is 0 Å². The van der Waals surface area contributed by atoms with Gasteiger partial charge in [0.1, 0.15) is 18.1 Å². The van der Waals surface area contributed by atoms with Crippen molar-refractivity contribution in [2.45, 2.75) is 39.3 Å². The predicted octanol–water partition coefficient (Wildman–Crippen LogP) is 4.82. The summed E-state index contributed by atoms with van der Waals surface area (Å²) >= 11 is 0. The van der Waals surface area contributed by atoms with Crippen molar-refractivity contribution >= 4 is 11.8 Å². The maximum absolute atomic E-state index is 13.6. The van der Waals surface area contributed by atoms with Crippen molar-refractivity contribution < 1.29 is 28.2 Å². The molecule has 0 aliphatic heterocycles. The van der Waals surface area contributed by atoms with E-state index in [1.54, 1.807) is 67.7 Å². The van der Waals surface area contributed by atoms with E-state index in [4.69, 9.17) is 18.6 Å². The minimum atomic E-state index is -0.577. The van der Waals surface area contributed by atoms with Crippen molar-refractivity contribution in [2.24, 2.45) is 0 Å². The van der Waals surface area contributed by atoms with E-state index in [1.165, 1.54) is 0 Å². The molecule has 0 aliphatic carbocycles. The Morgan fingerprint density at radius 1 is 0.892 bits per heavy atom. The number of furan rings is 1. The van der Waals surface area contributed by atoms with E-state index in [0.717, 1.165) is 5.56 Å². The monoisotopic (exact) mass is 508 g/mol. The molecule has 198 valence electrons. The van der Waals surface area contributed by atoms with E-state index in [9.17, 15) is 9.59 Å². The molecule has 0 saturated heterocycles. The zero-order valence-corrected chi connectivity index (χ0v) is 22.4. The molecule has 1 aromatic heterocycles. The number of rotatable bonds is 11. The van der Waals surface area contributed by atoms with E-state index >= 15 is 0 Å². The zero-order chi connectivity index (χ0) is 27.0. The molecule has 0 fully saturated rings. The fraction of sp³-hybridized carbons (Fsp3) is 0.379. The van der Waals surface area contributed by atoms with Crippen molar-refractivity contribution in [3.05, 3.63) is 77.7 Å². The summed E-state index contributed by atoms with van der Waals surface area (Å²) in [6, 6.07) is 16.2. The van der Waals surface area contributed by atoms with E-state index in [-0.39, 0.29) is 18.4 Å². The Bertz CT molecular complexity index is 1170. The summed E-state index contributed by atoms with van der Waals surface area (Å²) in [4.78, 5) is 30.4. The molecule has 2 aromatic carbocycles. The molecule has 0 unspecified atom stereocenters. The van der Waals surface area contributed by atoms with Crippen LogP contribution in [0.15, 0.2) is 65.3 Å². The van der Waals surface area contributed by atoms with E-state index < -0.39 is 5.54 Å². The Morgan fingerprint density at radius 2 is 1.59 bits per heavy atom. The second kappa shape index (κ2) is 12.3. The summed E-state index contributed by atoms with van der Waals surface area (Å²) in [5, 5.41) is 0. The summed E-state index contributed by atoms with van der Waals surface area (Å²) in [6.07, 6.45) is 2.18. The molecule has 0 N–H and O–H groups in total. The van der Waals surface area contributed by atoms with Gasteiger partial charge in [0.25, 0.3) is 5.91 Å². The highest BCUT2D eigenvalue weighted by Crippen LogP contribution is 2.28. The highest BCUT2D eigenvalue weighted by Gasteiger charge is 2.31. The highest BCUT2D eigenvalue weighted by molar-refractivity contribution is 5.97. The third-order valence-electron chi connectivity index (χ3n) is 6.08. The summed E-state index contributed by atoms with van der Waals surface area (Å²) in [5.41, 5.74) is 0.912. The van der Waals surface area contributed by atoms with Crippen LogP contribution < -0.4 is 14.2 Å². The van der Waals surface area contributed by atoms with Gasteiger partial charge in [0, 0.05) is 17.6 Å². The molecule has 3 aromatic rings. The number of hydrogen-bond acceptors (Lipinski definition) is 6. The zero-order valence-electron chi connectivity index (χ0n) is 22.4. The number of hydrogen-bond donors (Lipinski definition) is 0. The topological polar surface area (TPSA) is 81.5 Å². The fourth-order valence-electron chi connectivity index (χ4n) is 3.92. The molecule has 8 heteroatoms. The van der Waals surface area contributed by atoms with Crippen LogP contribution in [0.4, 0.5) is 0 Å². The van der Waals surface area contributed by atoms with Crippen LogP contribution in [0.1, 0.15) is 42.5 Å². The molecule has 0 atom stereocenters. The molecule has 0 radical (unpaired) electrons. The Balaban J connectivity index is 1.80. The lowest BCUT2D eigenvalue weighted by atomic mass is 10.0. The first-order valence-corrected chi connectivity index (χ1v) is 12.1. The van der Waals surface area contributed by atoms with Gasteiger partial charge in [-0.1, -0.05) is 6.07 Å². The summed E-state index contributed by atoms with van der Waals surface area (Å²) in [5.74, 6) is 2.22. The minimum absolute atomic E-state index is 0.0684. The normalized spacial score (nSPS) is 11.1. The standard InChI is InChI=1S/C29H36N2O6/c1-29(2,3)31(28(33)22-10-12-23(34-4)13-11-22)20-27(32)30(19-24-8-7-17-37-24)16-15-21-9-14-25(35-5)26(18-21)36-6/h7-14,17-18H,15-16,19-20H2,1-6H3. The second-order valence-corrected chi connectivity index (χ2v) is 9.62. The van der Waals surface area contributed by atoms with Crippen LogP contribution in [-0.2, 0) is 17.8 Å². The number of nitrogens with zero attached hydrogens (tertiary/aromatic N) is 2. The van der Waals surface area contributed by atoms with Crippen LogP contribution >= 0.6 is 0 Å². The second-order valence-electron chi connectivity index (χ2n) is 9.62. The average molecular weight is 509 g/mol. The van der Waals surface area contributed by atoms with Gasteiger partial charge in [-0.05, 0) is 81.3 Å². The molecule has 8 nitrogen and oxygen atoms in total. The molecule has 0 aliphatic rings. The molecule has 3 rings (SSSR count). The fourth-order valence-corrected chi connectivity index (χ4v) is 3.92. The molecule has 0 bridgehead atoms. The lowest BCUT2D eigenvalue weighted by Crippen LogP contribution is -2.51. The maximum atomic E-state index is 13.6. The molecule has 0 spiro atoms. The Morgan fingerprint density at radius 3 is 2.16 bits per heavy atom. The van der Waals surface area contributed by atoms with E-state index in [2.05, 4.69) is 0 Å². The molecule has 0 saturated carbocycles. The van der Waals surface area contributed by atoms with Gasteiger partial charge in [-0.15, -0.1) is 0 Å². The first-order chi connectivity index (χ1) is 17.7. The SMILES string of the molecule is COc1ccc(C(=O)N(CC(=O)N(CCc2ccc(OC)c(OC)c2)Cc2ccco2)C(C)(C)C)cc1. The largest absolute Gasteiger partial charge is 0.497 e. The van der Waals surface area contributed by atoms with E-state index in [1.807, 2.05) is 45.0 Å². The number of carbonyl (C=O) groups is 2. The van der Waals surface area contributed by atoms with Gasteiger partial charge in [0.2, 0.25) is 5.91 Å². The molecular formula is C29H36N2O6. The number of methoxy groups -OCH3 is 3. The van der Waals surface area contributed by atoms with Gasteiger partial charge >= 0.3 is 0 Å². The molecule has 1 heterocycles. The summed E-state index contributed by atoms with van der Waals surface area (Å²) in [7, 11) is 4.76.